The Morgan fingerprint density at radius 2 is 1.80 bits per heavy atom. The molecule has 1 saturated heterocycles. The molecule has 4 heteroatoms. The summed E-state index contributed by atoms with van der Waals surface area (Å²) in [6.07, 6.45) is -0.0515. The van der Waals surface area contributed by atoms with Gasteiger partial charge in [-0.3, -0.25) is 0 Å². The molecular formula is C16H14BrClO2. The minimum Gasteiger partial charge on any atom is -0.342 e. The molecule has 1 fully saturated rings. The Balaban J connectivity index is 1.87. The lowest BCUT2D eigenvalue weighted by molar-refractivity contribution is -0.157. The summed E-state index contributed by atoms with van der Waals surface area (Å²) in [6, 6.07) is 17.7. The molecule has 0 saturated carbocycles. The van der Waals surface area contributed by atoms with Crippen LogP contribution in [0.5, 0.6) is 0 Å². The van der Waals surface area contributed by atoms with Crippen LogP contribution in [-0.2, 0) is 15.3 Å². The average Bonchev–Trinajstić information content (AvgIpc) is 2.95. The van der Waals surface area contributed by atoms with E-state index in [9.17, 15) is 0 Å². The van der Waals surface area contributed by atoms with Crippen molar-refractivity contribution in [2.45, 2.75) is 11.9 Å². The van der Waals surface area contributed by atoms with Crippen molar-refractivity contribution in [1.82, 2.24) is 0 Å². The zero-order chi connectivity index (χ0) is 14.0. The molecule has 104 valence electrons. The second-order valence-corrected chi connectivity index (χ2v) is 5.72. The van der Waals surface area contributed by atoms with E-state index in [1.54, 1.807) is 0 Å². The lowest BCUT2D eigenvalue weighted by Gasteiger charge is -2.26. The van der Waals surface area contributed by atoms with Crippen molar-refractivity contribution in [2.24, 2.45) is 0 Å². The number of hydrogen-bond acceptors (Lipinski definition) is 2. The molecule has 2 aromatic rings. The molecule has 2 unspecified atom stereocenters. The highest BCUT2D eigenvalue weighted by Crippen LogP contribution is 2.41. The Kier molecular flexibility index (Phi) is 4.13. The first-order chi connectivity index (χ1) is 9.73. The number of alkyl halides is 1. The zero-order valence-corrected chi connectivity index (χ0v) is 13.1. The van der Waals surface area contributed by atoms with Crippen molar-refractivity contribution >= 4 is 27.5 Å². The van der Waals surface area contributed by atoms with Crippen LogP contribution in [0.2, 0.25) is 5.02 Å². The molecule has 1 heterocycles. The quantitative estimate of drug-likeness (QED) is 0.746. The van der Waals surface area contributed by atoms with Crippen molar-refractivity contribution in [2.75, 3.05) is 11.9 Å². The Morgan fingerprint density at radius 3 is 2.45 bits per heavy atom. The minimum absolute atomic E-state index is 0.0515. The highest BCUT2D eigenvalue weighted by Gasteiger charge is 2.42. The molecule has 0 spiro atoms. The van der Waals surface area contributed by atoms with Gasteiger partial charge in [0.1, 0.15) is 6.10 Å². The summed E-state index contributed by atoms with van der Waals surface area (Å²) in [5, 5.41) is 1.28. The predicted molar refractivity (Wildman–Crippen MR) is 83.1 cm³/mol. The van der Waals surface area contributed by atoms with Crippen LogP contribution in [-0.4, -0.2) is 11.9 Å². The van der Waals surface area contributed by atoms with Gasteiger partial charge in [0.25, 0.3) is 0 Å². The van der Waals surface area contributed by atoms with E-state index in [4.69, 9.17) is 21.1 Å². The molecular weight excluding hydrogens is 340 g/mol. The van der Waals surface area contributed by atoms with Gasteiger partial charge in [-0.2, -0.15) is 0 Å². The van der Waals surface area contributed by atoms with Gasteiger partial charge in [0.15, 0.2) is 0 Å². The molecule has 3 rings (SSSR count). The predicted octanol–water partition coefficient (Wildman–Crippen LogP) is 4.68. The van der Waals surface area contributed by atoms with Gasteiger partial charge in [-0.05, 0) is 17.7 Å². The molecule has 1 aliphatic heterocycles. The smallest absolute Gasteiger partial charge is 0.205 e. The summed E-state index contributed by atoms with van der Waals surface area (Å²) >= 11 is 9.44. The van der Waals surface area contributed by atoms with E-state index < -0.39 is 5.79 Å². The van der Waals surface area contributed by atoms with E-state index in [1.165, 1.54) is 0 Å². The SMILES string of the molecule is Clc1ccc(C2(CBr)OCC(c3ccccc3)O2)cc1. The van der Waals surface area contributed by atoms with E-state index >= 15 is 0 Å². The van der Waals surface area contributed by atoms with Crippen LogP contribution in [0, 0.1) is 0 Å². The minimum atomic E-state index is -0.745. The van der Waals surface area contributed by atoms with Crippen molar-refractivity contribution in [1.29, 1.82) is 0 Å². The van der Waals surface area contributed by atoms with Gasteiger partial charge in [0, 0.05) is 10.6 Å². The van der Waals surface area contributed by atoms with Crippen LogP contribution >= 0.6 is 27.5 Å². The molecule has 0 aliphatic carbocycles. The topological polar surface area (TPSA) is 18.5 Å². The van der Waals surface area contributed by atoms with E-state index in [1.807, 2.05) is 42.5 Å². The van der Waals surface area contributed by atoms with Gasteiger partial charge < -0.3 is 9.47 Å². The van der Waals surface area contributed by atoms with Crippen molar-refractivity contribution in [3.05, 3.63) is 70.7 Å². The first kappa shape index (κ1) is 14.1. The van der Waals surface area contributed by atoms with Crippen molar-refractivity contribution < 1.29 is 9.47 Å². The second kappa shape index (κ2) is 5.86. The summed E-state index contributed by atoms with van der Waals surface area (Å²) in [5.41, 5.74) is 2.10. The van der Waals surface area contributed by atoms with Gasteiger partial charge >= 0.3 is 0 Å². The first-order valence-electron chi connectivity index (χ1n) is 6.42. The summed E-state index contributed by atoms with van der Waals surface area (Å²) in [5.74, 6) is -0.745. The van der Waals surface area contributed by atoms with Crippen LogP contribution in [0.15, 0.2) is 54.6 Å². The largest absolute Gasteiger partial charge is 0.342 e. The third-order valence-electron chi connectivity index (χ3n) is 3.43. The Hall–Kier alpha value is -0.870. The normalized spacial score (nSPS) is 25.8. The maximum Gasteiger partial charge on any atom is 0.205 e. The van der Waals surface area contributed by atoms with Crippen LogP contribution in [0.4, 0.5) is 0 Å². The zero-order valence-electron chi connectivity index (χ0n) is 10.8. The monoisotopic (exact) mass is 352 g/mol. The molecule has 0 N–H and O–H groups in total. The van der Waals surface area contributed by atoms with E-state index in [0.717, 1.165) is 11.1 Å². The third-order valence-corrected chi connectivity index (χ3v) is 4.42. The molecule has 2 atom stereocenters. The van der Waals surface area contributed by atoms with Gasteiger partial charge in [-0.25, -0.2) is 0 Å². The van der Waals surface area contributed by atoms with Gasteiger partial charge in [0.05, 0.1) is 11.9 Å². The highest BCUT2D eigenvalue weighted by molar-refractivity contribution is 9.09. The molecule has 2 aromatic carbocycles. The van der Waals surface area contributed by atoms with Crippen LogP contribution < -0.4 is 0 Å². The summed E-state index contributed by atoms with van der Waals surface area (Å²) in [7, 11) is 0. The van der Waals surface area contributed by atoms with Gasteiger partial charge in [-0.1, -0.05) is 70.0 Å². The number of hydrogen-bond donors (Lipinski definition) is 0. The number of ether oxygens (including phenoxy) is 2. The second-order valence-electron chi connectivity index (χ2n) is 4.72. The highest BCUT2D eigenvalue weighted by atomic mass is 79.9. The van der Waals surface area contributed by atoms with Crippen molar-refractivity contribution in [3.8, 4) is 0 Å². The third kappa shape index (κ3) is 2.63. The fourth-order valence-electron chi connectivity index (χ4n) is 2.34. The molecule has 0 aromatic heterocycles. The van der Waals surface area contributed by atoms with E-state index in [0.29, 0.717) is 17.0 Å². The van der Waals surface area contributed by atoms with Crippen LogP contribution in [0.3, 0.4) is 0 Å². The lowest BCUT2D eigenvalue weighted by atomic mass is 10.1. The Bertz CT molecular complexity index is 573. The summed E-state index contributed by atoms with van der Waals surface area (Å²) in [6.45, 7) is 0.540. The average molecular weight is 354 g/mol. The first-order valence-corrected chi connectivity index (χ1v) is 7.92. The molecule has 0 bridgehead atoms. The molecule has 20 heavy (non-hydrogen) atoms. The maximum absolute atomic E-state index is 6.20. The standard InChI is InChI=1S/C16H14BrClO2/c17-11-16(13-6-8-14(18)9-7-13)19-10-15(20-16)12-4-2-1-3-5-12/h1-9,15H,10-11H2. The van der Waals surface area contributed by atoms with Crippen LogP contribution in [0.1, 0.15) is 17.2 Å². The lowest BCUT2D eigenvalue weighted by Crippen LogP contribution is -2.29. The number of benzene rings is 2. The maximum atomic E-state index is 6.20. The van der Waals surface area contributed by atoms with Gasteiger partial charge in [-0.15, -0.1) is 0 Å². The fraction of sp³-hybridized carbons (Fsp3) is 0.250. The molecule has 2 nitrogen and oxygen atoms in total. The molecule has 0 amide bonds. The molecule has 1 aliphatic rings. The van der Waals surface area contributed by atoms with Gasteiger partial charge in [0.2, 0.25) is 5.79 Å². The summed E-state index contributed by atoms with van der Waals surface area (Å²) < 4.78 is 12.2. The Labute approximate surface area is 131 Å². The van der Waals surface area contributed by atoms with Crippen LogP contribution in [0.25, 0.3) is 0 Å². The van der Waals surface area contributed by atoms with E-state index in [2.05, 4.69) is 28.1 Å². The molecule has 0 radical (unpaired) electrons. The van der Waals surface area contributed by atoms with E-state index in [-0.39, 0.29) is 6.10 Å². The number of rotatable bonds is 3. The fourth-order valence-corrected chi connectivity index (χ4v) is 3.09. The number of halogens is 2. The Morgan fingerprint density at radius 1 is 1.10 bits per heavy atom. The van der Waals surface area contributed by atoms with Crippen molar-refractivity contribution in [3.63, 3.8) is 0 Å². The summed E-state index contributed by atoms with van der Waals surface area (Å²) in [4.78, 5) is 0.